The number of rotatable bonds is 4. The molecule has 0 aliphatic carbocycles. The molecule has 0 aliphatic rings. The highest BCUT2D eigenvalue weighted by atomic mass is 35.5. The van der Waals surface area contributed by atoms with Crippen LogP contribution in [0.3, 0.4) is 0 Å². The van der Waals surface area contributed by atoms with Crippen molar-refractivity contribution in [2.45, 2.75) is 4.90 Å². The molecule has 8 heteroatoms. The van der Waals surface area contributed by atoms with Gasteiger partial charge < -0.3 is 4.74 Å². The third-order valence-electron chi connectivity index (χ3n) is 1.85. The molecule has 1 aromatic carbocycles. The minimum Gasteiger partial charge on any atom is -0.490 e. The van der Waals surface area contributed by atoms with Gasteiger partial charge in [-0.25, -0.2) is 8.42 Å². The van der Waals surface area contributed by atoms with Gasteiger partial charge in [0, 0.05) is 6.07 Å². The van der Waals surface area contributed by atoms with E-state index in [1.165, 1.54) is 19.2 Å². The zero-order valence-corrected chi connectivity index (χ0v) is 9.79. The summed E-state index contributed by atoms with van der Waals surface area (Å²) in [6, 6.07) is 3.36. The van der Waals surface area contributed by atoms with Crippen LogP contribution in [-0.2, 0) is 9.84 Å². The van der Waals surface area contributed by atoms with Gasteiger partial charge in [0.05, 0.1) is 16.9 Å². The number of nitro benzene ring substituents is 1. The summed E-state index contributed by atoms with van der Waals surface area (Å²) < 4.78 is 27.5. The third kappa shape index (κ3) is 2.42. The Balaban J connectivity index is 3.39. The van der Waals surface area contributed by atoms with Crippen LogP contribution in [0, 0.1) is 10.1 Å². The first kappa shape index (κ1) is 12.7. The van der Waals surface area contributed by atoms with Crippen LogP contribution in [-0.4, -0.2) is 25.7 Å². The van der Waals surface area contributed by atoms with Crippen molar-refractivity contribution in [1.29, 1.82) is 0 Å². The van der Waals surface area contributed by atoms with Gasteiger partial charge in [0.15, 0.2) is 15.6 Å². The Labute approximate surface area is 96.9 Å². The highest BCUT2D eigenvalue weighted by molar-refractivity contribution is 7.92. The molecule has 0 atom stereocenters. The average molecular weight is 266 g/mol. The van der Waals surface area contributed by atoms with Crippen LogP contribution in [0.25, 0.3) is 0 Å². The Morgan fingerprint density at radius 1 is 1.50 bits per heavy atom. The van der Waals surface area contributed by atoms with Gasteiger partial charge in [-0.3, -0.25) is 10.1 Å². The van der Waals surface area contributed by atoms with Crippen molar-refractivity contribution in [1.82, 2.24) is 0 Å². The number of benzene rings is 1. The summed E-state index contributed by atoms with van der Waals surface area (Å²) in [5, 5.41) is 10.0. The molecule has 0 spiro atoms. The zero-order chi connectivity index (χ0) is 12.3. The molecular formula is C8H8ClNO5S. The molecular weight excluding hydrogens is 258 g/mol. The number of nitrogens with zero attached hydrogens (tertiary/aromatic N) is 1. The molecule has 0 N–H and O–H groups in total. The number of nitro groups is 1. The minimum atomic E-state index is -3.67. The number of methoxy groups -OCH3 is 1. The molecule has 88 valence electrons. The first-order valence-electron chi connectivity index (χ1n) is 4.03. The van der Waals surface area contributed by atoms with Crippen molar-refractivity contribution in [3.8, 4) is 5.75 Å². The molecule has 6 nitrogen and oxygen atoms in total. The van der Waals surface area contributed by atoms with Crippen molar-refractivity contribution < 1.29 is 18.1 Å². The fraction of sp³-hybridized carbons (Fsp3) is 0.250. The monoisotopic (exact) mass is 265 g/mol. The SMILES string of the molecule is COc1ccc(S(=O)(=O)CCl)cc1[N+](=O)[O-]. The Bertz CT molecular complexity index is 513. The number of ether oxygens (including phenoxy) is 1. The Morgan fingerprint density at radius 2 is 2.12 bits per heavy atom. The Hall–Kier alpha value is -1.34. The lowest BCUT2D eigenvalue weighted by Gasteiger charge is -2.04. The summed E-state index contributed by atoms with van der Waals surface area (Å²) in [5.41, 5.74) is -0.409. The second kappa shape index (κ2) is 4.67. The lowest BCUT2D eigenvalue weighted by Crippen LogP contribution is -2.03. The summed E-state index contributed by atoms with van der Waals surface area (Å²) >= 11 is 5.24. The van der Waals surface area contributed by atoms with Crippen molar-refractivity contribution in [2.75, 3.05) is 12.3 Å². The predicted octanol–water partition coefficient (Wildman–Crippen LogP) is 1.57. The number of halogens is 1. The molecule has 0 bridgehead atoms. The van der Waals surface area contributed by atoms with Crippen LogP contribution < -0.4 is 4.74 Å². The fourth-order valence-corrected chi connectivity index (χ4v) is 2.14. The van der Waals surface area contributed by atoms with Crippen molar-refractivity contribution in [3.05, 3.63) is 28.3 Å². The second-order valence-corrected chi connectivity index (χ2v) is 5.39. The molecule has 0 fully saturated rings. The molecule has 1 rings (SSSR count). The van der Waals surface area contributed by atoms with Gasteiger partial charge in [-0.2, -0.15) is 0 Å². The standard InChI is InChI=1S/C8H8ClNO5S/c1-15-8-3-2-6(16(13,14)5-9)4-7(8)10(11)12/h2-4H,5H2,1H3. The van der Waals surface area contributed by atoms with Crippen LogP contribution >= 0.6 is 11.6 Å². The van der Waals surface area contributed by atoms with E-state index in [2.05, 4.69) is 0 Å². The minimum absolute atomic E-state index is 0.00137. The van der Waals surface area contributed by atoms with Gasteiger partial charge in [-0.1, -0.05) is 0 Å². The van der Waals surface area contributed by atoms with E-state index in [0.29, 0.717) is 0 Å². The van der Waals surface area contributed by atoms with Crippen LogP contribution in [0.4, 0.5) is 5.69 Å². The Morgan fingerprint density at radius 3 is 2.56 bits per heavy atom. The summed E-state index contributed by atoms with van der Waals surface area (Å²) in [5.74, 6) is -0.00137. The van der Waals surface area contributed by atoms with E-state index in [0.717, 1.165) is 6.07 Å². The second-order valence-electron chi connectivity index (χ2n) is 2.81. The van der Waals surface area contributed by atoms with Crippen LogP contribution in [0.5, 0.6) is 5.75 Å². The lowest BCUT2D eigenvalue weighted by molar-refractivity contribution is -0.386. The summed E-state index contributed by atoms with van der Waals surface area (Å²) in [6.07, 6.45) is 0. The largest absolute Gasteiger partial charge is 0.490 e. The lowest BCUT2D eigenvalue weighted by atomic mass is 10.3. The molecule has 0 unspecified atom stereocenters. The van der Waals surface area contributed by atoms with Gasteiger partial charge in [0.25, 0.3) is 0 Å². The van der Waals surface area contributed by atoms with E-state index in [1.807, 2.05) is 0 Å². The zero-order valence-electron chi connectivity index (χ0n) is 8.21. The van der Waals surface area contributed by atoms with E-state index in [4.69, 9.17) is 16.3 Å². The smallest absolute Gasteiger partial charge is 0.312 e. The maximum absolute atomic E-state index is 11.4. The van der Waals surface area contributed by atoms with Gasteiger partial charge >= 0.3 is 5.69 Å². The topological polar surface area (TPSA) is 86.5 Å². The molecule has 0 saturated heterocycles. The molecule has 1 aromatic rings. The van der Waals surface area contributed by atoms with E-state index in [-0.39, 0.29) is 10.6 Å². The van der Waals surface area contributed by atoms with Gasteiger partial charge in [-0.15, -0.1) is 11.6 Å². The number of hydrogen-bond acceptors (Lipinski definition) is 5. The molecule has 0 aromatic heterocycles. The van der Waals surface area contributed by atoms with E-state index < -0.39 is 25.7 Å². The van der Waals surface area contributed by atoms with Crippen LogP contribution in [0.1, 0.15) is 0 Å². The van der Waals surface area contributed by atoms with Gasteiger partial charge in [0.2, 0.25) is 0 Å². The number of sulfone groups is 1. The maximum atomic E-state index is 11.4. The number of alkyl halides is 1. The third-order valence-corrected chi connectivity index (χ3v) is 3.97. The van der Waals surface area contributed by atoms with Crippen molar-refractivity contribution in [3.63, 3.8) is 0 Å². The molecule has 0 radical (unpaired) electrons. The first-order chi connectivity index (χ1) is 7.42. The maximum Gasteiger partial charge on any atom is 0.312 e. The predicted molar refractivity (Wildman–Crippen MR) is 57.6 cm³/mol. The van der Waals surface area contributed by atoms with E-state index >= 15 is 0 Å². The van der Waals surface area contributed by atoms with Gasteiger partial charge in [0.1, 0.15) is 5.21 Å². The quantitative estimate of drug-likeness (QED) is 0.468. The van der Waals surface area contributed by atoms with Crippen molar-refractivity contribution >= 4 is 27.1 Å². The summed E-state index contributed by atoms with van der Waals surface area (Å²) in [4.78, 5) is 9.73. The van der Waals surface area contributed by atoms with Crippen LogP contribution in [0.15, 0.2) is 23.1 Å². The summed E-state index contributed by atoms with van der Waals surface area (Å²) in [7, 11) is -2.41. The molecule has 0 aliphatic heterocycles. The number of hydrogen-bond donors (Lipinski definition) is 0. The molecule has 0 heterocycles. The molecule has 0 amide bonds. The average Bonchev–Trinajstić information content (AvgIpc) is 2.28. The van der Waals surface area contributed by atoms with Gasteiger partial charge in [-0.05, 0) is 12.1 Å². The van der Waals surface area contributed by atoms with E-state index in [1.54, 1.807) is 0 Å². The Kier molecular flexibility index (Phi) is 3.71. The molecule has 16 heavy (non-hydrogen) atoms. The fourth-order valence-electron chi connectivity index (χ4n) is 1.07. The highest BCUT2D eigenvalue weighted by Gasteiger charge is 2.21. The highest BCUT2D eigenvalue weighted by Crippen LogP contribution is 2.29. The van der Waals surface area contributed by atoms with Crippen molar-refractivity contribution in [2.24, 2.45) is 0 Å². The first-order valence-corrected chi connectivity index (χ1v) is 6.22. The molecule has 0 saturated carbocycles. The normalized spacial score (nSPS) is 11.1. The van der Waals surface area contributed by atoms with Crippen LogP contribution in [0.2, 0.25) is 0 Å². The summed E-state index contributed by atoms with van der Waals surface area (Å²) in [6.45, 7) is 0. The van der Waals surface area contributed by atoms with E-state index in [9.17, 15) is 18.5 Å².